The second kappa shape index (κ2) is 8.20. The van der Waals surface area contributed by atoms with Crippen LogP contribution in [0.3, 0.4) is 0 Å². The summed E-state index contributed by atoms with van der Waals surface area (Å²) in [5, 5.41) is 12.0. The standard InChI is InChI=1S/C20H23N3O4/c1-13(25)18-7-2-14(20(21)26)10-19(18)22-15-3-5-16(6-4-15)23-11-17(12-23)27-9-8-24/h2-7,10,17,22,24H,8-9,11-12H2,1H3,(H2,21,26). The number of carbonyl (C=O) groups is 2. The van der Waals surface area contributed by atoms with E-state index in [1.165, 1.54) is 6.92 Å². The molecule has 1 heterocycles. The molecule has 3 rings (SSSR count). The predicted octanol–water partition coefficient (Wildman–Crippen LogP) is 1.93. The minimum absolute atomic E-state index is 0.0378. The molecule has 0 unspecified atom stereocenters. The van der Waals surface area contributed by atoms with Crippen LogP contribution in [0.15, 0.2) is 42.5 Å². The number of ketones is 1. The quantitative estimate of drug-likeness (QED) is 0.614. The van der Waals surface area contributed by atoms with Crippen LogP contribution in [-0.2, 0) is 4.74 Å². The number of amides is 1. The second-order valence-corrected chi connectivity index (χ2v) is 6.47. The van der Waals surface area contributed by atoms with Crippen LogP contribution < -0.4 is 16.0 Å². The molecule has 0 radical (unpaired) electrons. The first-order valence-corrected chi connectivity index (χ1v) is 8.77. The lowest BCUT2D eigenvalue weighted by Crippen LogP contribution is -2.52. The summed E-state index contributed by atoms with van der Waals surface area (Å²) in [6, 6.07) is 12.5. The summed E-state index contributed by atoms with van der Waals surface area (Å²) < 4.78 is 5.47. The van der Waals surface area contributed by atoms with E-state index in [4.69, 9.17) is 15.6 Å². The maximum atomic E-state index is 11.8. The number of ether oxygens (including phenoxy) is 1. The minimum Gasteiger partial charge on any atom is -0.394 e. The molecular weight excluding hydrogens is 346 g/mol. The van der Waals surface area contributed by atoms with Gasteiger partial charge in [0.15, 0.2) is 5.78 Å². The number of benzene rings is 2. The van der Waals surface area contributed by atoms with Gasteiger partial charge in [0, 0.05) is 35.6 Å². The molecule has 0 bridgehead atoms. The highest BCUT2D eigenvalue weighted by Gasteiger charge is 2.27. The van der Waals surface area contributed by atoms with Crippen molar-refractivity contribution in [1.82, 2.24) is 0 Å². The third-order valence-corrected chi connectivity index (χ3v) is 4.49. The fourth-order valence-electron chi connectivity index (χ4n) is 2.99. The Hall–Kier alpha value is -2.90. The number of nitrogens with one attached hydrogen (secondary N) is 1. The van der Waals surface area contributed by atoms with Gasteiger partial charge < -0.3 is 25.8 Å². The third kappa shape index (κ3) is 4.45. The van der Waals surface area contributed by atoms with E-state index < -0.39 is 5.91 Å². The summed E-state index contributed by atoms with van der Waals surface area (Å²) in [5.41, 5.74) is 8.60. The third-order valence-electron chi connectivity index (χ3n) is 4.49. The molecule has 2 aromatic rings. The second-order valence-electron chi connectivity index (χ2n) is 6.47. The fourth-order valence-corrected chi connectivity index (χ4v) is 2.99. The smallest absolute Gasteiger partial charge is 0.248 e. The summed E-state index contributed by atoms with van der Waals surface area (Å²) in [6.07, 6.45) is 0.157. The number of rotatable bonds is 8. The van der Waals surface area contributed by atoms with Gasteiger partial charge in [-0.1, -0.05) is 0 Å². The number of primary amides is 1. The van der Waals surface area contributed by atoms with E-state index in [9.17, 15) is 9.59 Å². The van der Waals surface area contributed by atoms with Crippen LogP contribution in [-0.4, -0.2) is 49.2 Å². The van der Waals surface area contributed by atoms with Crippen molar-refractivity contribution >= 4 is 28.8 Å². The number of nitrogens with zero attached hydrogens (tertiary/aromatic N) is 1. The lowest BCUT2D eigenvalue weighted by molar-refractivity contribution is 0.0135. The van der Waals surface area contributed by atoms with Crippen LogP contribution in [0.5, 0.6) is 0 Å². The van der Waals surface area contributed by atoms with E-state index in [1.807, 2.05) is 24.3 Å². The number of nitrogens with two attached hydrogens (primary N) is 1. The van der Waals surface area contributed by atoms with Crippen molar-refractivity contribution < 1.29 is 19.4 Å². The minimum atomic E-state index is -0.542. The maximum absolute atomic E-state index is 11.8. The van der Waals surface area contributed by atoms with Gasteiger partial charge in [0.25, 0.3) is 0 Å². The highest BCUT2D eigenvalue weighted by Crippen LogP contribution is 2.27. The number of aliphatic hydroxyl groups excluding tert-OH is 1. The molecule has 2 aromatic carbocycles. The summed E-state index contributed by atoms with van der Waals surface area (Å²) in [6.45, 7) is 3.47. The monoisotopic (exact) mass is 369 g/mol. The van der Waals surface area contributed by atoms with Crippen LogP contribution in [0.2, 0.25) is 0 Å². The Balaban J connectivity index is 1.69. The van der Waals surface area contributed by atoms with Gasteiger partial charge >= 0.3 is 0 Å². The van der Waals surface area contributed by atoms with Gasteiger partial charge in [-0.15, -0.1) is 0 Å². The van der Waals surface area contributed by atoms with Crippen LogP contribution in [0.25, 0.3) is 0 Å². The first-order valence-electron chi connectivity index (χ1n) is 8.77. The topological polar surface area (TPSA) is 105 Å². The zero-order chi connectivity index (χ0) is 19.4. The Morgan fingerprint density at radius 2 is 1.93 bits per heavy atom. The van der Waals surface area contributed by atoms with Crippen LogP contribution in [0.4, 0.5) is 17.1 Å². The molecule has 7 nitrogen and oxygen atoms in total. The zero-order valence-corrected chi connectivity index (χ0v) is 15.1. The fraction of sp³-hybridized carbons (Fsp3) is 0.300. The van der Waals surface area contributed by atoms with Crippen LogP contribution in [0.1, 0.15) is 27.6 Å². The van der Waals surface area contributed by atoms with Gasteiger partial charge in [-0.25, -0.2) is 0 Å². The molecule has 0 spiro atoms. The highest BCUT2D eigenvalue weighted by atomic mass is 16.5. The van der Waals surface area contributed by atoms with Crippen molar-refractivity contribution in [1.29, 1.82) is 0 Å². The van der Waals surface area contributed by atoms with Gasteiger partial charge in [0.1, 0.15) is 0 Å². The SMILES string of the molecule is CC(=O)c1ccc(C(N)=O)cc1Nc1ccc(N2CC(OCCO)C2)cc1. The van der Waals surface area contributed by atoms with Gasteiger partial charge in [0.05, 0.1) is 25.0 Å². The molecule has 0 saturated carbocycles. The van der Waals surface area contributed by atoms with Gasteiger partial charge in [-0.2, -0.15) is 0 Å². The summed E-state index contributed by atoms with van der Waals surface area (Å²) in [5.74, 6) is -0.640. The lowest BCUT2D eigenvalue weighted by atomic mass is 10.0. The van der Waals surface area contributed by atoms with Crippen LogP contribution in [0, 0.1) is 0 Å². The van der Waals surface area contributed by atoms with Gasteiger partial charge in [-0.05, 0) is 49.4 Å². The number of carbonyl (C=O) groups excluding carboxylic acids is 2. The summed E-state index contributed by atoms with van der Waals surface area (Å²) in [4.78, 5) is 25.4. The number of Topliss-reactive ketones (excluding diaryl/α,β-unsaturated/α-hetero) is 1. The van der Waals surface area contributed by atoms with Crippen molar-refractivity contribution in [2.24, 2.45) is 5.73 Å². The molecular formula is C20H23N3O4. The molecule has 7 heteroatoms. The van der Waals surface area contributed by atoms with E-state index in [-0.39, 0.29) is 18.5 Å². The molecule has 1 fully saturated rings. The molecule has 1 amide bonds. The Morgan fingerprint density at radius 1 is 1.22 bits per heavy atom. The van der Waals surface area contributed by atoms with Gasteiger partial charge in [-0.3, -0.25) is 9.59 Å². The number of hydrogen-bond donors (Lipinski definition) is 3. The zero-order valence-electron chi connectivity index (χ0n) is 15.1. The summed E-state index contributed by atoms with van der Waals surface area (Å²) >= 11 is 0. The van der Waals surface area contributed by atoms with Gasteiger partial charge in [0.2, 0.25) is 5.91 Å². The highest BCUT2D eigenvalue weighted by molar-refractivity contribution is 6.03. The van der Waals surface area contributed by atoms with Crippen LogP contribution >= 0.6 is 0 Å². The largest absolute Gasteiger partial charge is 0.394 e. The van der Waals surface area contributed by atoms with Crippen molar-refractivity contribution in [2.45, 2.75) is 13.0 Å². The average molecular weight is 369 g/mol. The Bertz CT molecular complexity index is 830. The van der Waals surface area contributed by atoms with E-state index in [1.54, 1.807) is 18.2 Å². The molecule has 1 aliphatic heterocycles. The number of anilines is 3. The lowest BCUT2D eigenvalue weighted by Gasteiger charge is -2.40. The van der Waals surface area contributed by atoms with E-state index in [0.717, 1.165) is 24.5 Å². The number of aliphatic hydroxyl groups is 1. The Kier molecular flexibility index (Phi) is 5.73. The Labute approximate surface area is 157 Å². The van der Waals surface area contributed by atoms with Crippen molar-refractivity contribution in [3.63, 3.8) is 0 Å². The Morgan fingerprint density at radius 3 is 2.52 bits per heavy atom. The molecule has 4 N–H and O–H groups in total. The molecule has 0 aromatic heterocycles. The normalized spacial score (nSPS) is 13.9. The predicted molar refractivity (Wildman–Crippen MR) is 104 cm³/mol. The first kappa shape index (κ1) is 18.9. The average Bonchev–Trinajstić information content (AvgIpc) is 2.61. The molecule has 0 aliphatic carbocycles. The molecule has 0 atom stereocenters. The number of hydrogen-bond acceptors (Lipinski definition) is 6. The van der Waals surface area contributed by atoms with Crippen molar-refractivity contribution in [3.05, 3.63) is 53.6 Å². The molecule has 1 saturated heterocycles. The maximum Gasteiger partial charge on any atom is 0.248 e. The summed E-state index contributed by atoms with van der Waals surface area (Å²) in [7, 11) is 0. The van der Waals surface area contributed by atoms with Crippen molar-refractivity contribution in [2.75, 3.05) is 36.5 Å². The molecule has 27 heavy (non-hydrogen) atoms. The molecule has 1 aliphatic rings. The first-order chi connectivity index (χ1) is 13.0. The van der Waals surface area contributed by atoms with E-state index in [0.29, 0.717) is 23.4 Å². The molecule has 142 valence electrons. The van der Waals surface area contributed by atoms with E-state index in [2.05, 4.69) is 10.2 Å². The van der Waals surface area contributed by atoms with Crippen molar-refractivity contribution in [3.8, 4) is 0 Å². The van der Waals surface area contributed by atoms with E-state index >= 15 is 0 Å².